The van der Waals surface area contributed by atoms with E-state index in [4.69, 9.17) is 11.6 Å². The molecule has 3 heteroatoms. The molecule has 0 heterocycles. The summed E-state index contributed by atoms with van der Waals surface area (Å²) in [5.41, 5.74) is 1.16. The van der Waals surface area contributed by atoms with Gasteiger partial charge in [-0.15, -0.1) is 0 Å². The number of phenols is 1. The summed E-state index contributed by atoms with van der Waals surface area (Å²) < 4.78 is 0. The zero-order chi connectivity index (χ0) is 9.14. The van der Waals surface area contributed by atoms with Crippen LogP contribution >= 0.6 is 11.6 Å². The SMILES string of the molecule is CCc1cc(C=O)c(O)cc1Cl. The zero-order valence-electron chi connectivity index (χ0n) is 6.67. The standard InChI is InChI=1S/C9H9ClO2/c1-2-6-3-7(5-11)9(12)4-8(6)10/h3-5,12H,2H2,1H3. The van der Waals surface area contributed by atoms with E-state index in [1.54, 1.807) is 6.07 Å². The molecule has 1 rings (SSSR count). The van der Waals surface area contributed by atoms with Gasteiger partial charge in [0.15, 0.2) is 6.29 Å². The molecule has 0 radical (unpaired) electrons. The molecular formula is C9H9ClO2. The molecule has 0 aromatic heterocycles. The number of carbonyl (C=O) groups is 1. The third-order valence-electron chi connectivity index (χ3n) is 1.70. The van der Waals surface area contributed by atoms with E-state index < -0.39 is 0 Å². The number of halogens is 1. The number of phenolic OH excluding ortho intramolecular Hbond substituents is 1. The van der Waals surface area contributed by atoms with Crippen LogP contribution in [0.2, 0.25) is 5.02 Å². The van der Waals surface area contributed by atoms with Crippen LogP contribution in [0.1, 0.15) is 22.8 Å². The monoisotopic (exact) mass is 184 g/mol. The Hall–Kier alpha value is -1.02. The number of hydrogen-bond donors (Lipinski definition) is 1. The lowest BCUT2D eigenvalue weighted by molar-refractivity contribution is 0.112. The Morgan fingerprint density at radius 3 is 2.75 bits per heavy atom. The molecule has 1 aromatic rings. The molecular weight excluding hydrogens is 176 g/mol. The molecule has 0 unspecified atom stereocenters. The normalized spacial score (nSPS) is 9.83. The van der Waals surface area contributed by atoms with Crippen molar-refractivity contribution in [1.29, 1.82) is 0 Å². The summed E-state index contributed by atoms with van der Waals surface area (Å²) in [7, 11) is 0. The molecule has 1 N–H and O–H groups in total. The zero-order valence-corrected chi connectivity index (χ0v) is 7.43. The van der Waals surface area contributed by atoms with Crippen LogP contribution in [0, 0.1) is 0 Å². The number of rotatable bonds is 2. The average molecular weight is 185 g/mol. The van der Waals surface area contributed by atoms with Gasteiger partial charge in [-0.2, -0.15) is 0 Å². The molecule has 1 aromatic carbocycles. The average Bonchev–Trinajstić information content (AvgIpc) is 2.05. The molecule has 12 heavy (non-hydrogen) atoms. The van der Waals surface area contributed by atoms with Gasteiger partial charge >= 0.3 is 0 Å². The predicted molar refractivity (Wildman–Crippen MR) is 47.9 cm³/mol. The lowest BCUT2D eigenvalue weighted by atomic mass is 10.1. The molecule has 0 saturated carbocycles. The summed E-state index contributed by atoms with van der Waals surface area (Å²) >= 11 is 5.78. The quantitative estimate of drug-likeness (QED) is 0.717. The minimum Gasteiger partial charge on any atom is -0.507 e. The van der Waals surface area contributed by atoms with Crippen molar-refractivity contribution in [3.63, 3.8) is 0 Å². The van der Waals surface area contributed by atoms with Crippen molar-refractivity contribution in [3.8, 4) is 5.75 Å². The Morgan fingerprint density at radius 1 is 1.58 bits per heavy atom. The number of aldehydes is 1. The Balaban J connectivity index is 3.26. The van der Waals surface area contributed by atoms with E-state index in [2.05, 4.69) is 0 Å². The van der Waals surface area contributed by atoms with Crippen molar-refractivity contribution < 1.29 is 9.90 Å². The maximum Gasteiger partial charge on any atom is 0.153 e. The maximum absolute atomic E-state index is 10.4. The van der Waals surface area contributed by atoms with E-state index >= 15 is 0 Å². The van der Waals surface area contributed by atoms with Gasteiger partial charge in [0.2, 0.25) is 0 Å². The lowest BCUT2D eigenvalue weighted by Gasteiger charge is -2.03. The van der Waals surface area contributed by atoms with Crippen LogP contribution in [-0.4, -0.2) is 11.4 Å². The first-order valence-electron chi connectivity index (χ1n) is 3.65. The highest BCUT2D eigenvalue weighted by atomic mass is 35.5. The smallest absolute Gasteiger partial charge is 0.153 e. The van der Waals surface area contributed by atoms with Crippen molar-refractivity contribution in [2.24, 2.45) is 0 Å². The first-order chi connectivity index (χ1) is 5.69. The molecule has 0 aliphatic rings. The Morgan fingerprint density at radius 2 is 2.25 bits per heavy atom. The topological polar surface area (TPSA) is 37.3 Å². The van der Waals surface area contributed by atoms with Crippen LogP contribution in [-0.2, 0) is 6.42 Å². The molecule has 0 spiro atoms. The summed E-state index contributed by atoms with van der Waals surface area (Å²) in [6.45, 7) is 1.94. The van der Waals surface area contributed by atoms with E-state index in [9.17, 15) is 9.90 Å². The second-order valence-electron chi connectivity index (χ2n) is 2.47. The van der Waals surface area contributed by atoms with Gasteiger partial charge < -0.3 is 5.11 Å². The molecule has 0 aliphatic carbocycles. The van der Waals surface area contributed by atoms with E-state index in [1.165, 1.54) is 6.07 Å². The van der Waals surface area contributed by atoms with Crippen LogP contribution in [0.3, 0.4) is 0 Å². The fourth-order valence-corrected chi connectivity index (χ4v) is 1.28. The number of benzene rings is 1. The highest BCUT2D eigenvalue weighted by molar-refractivity contribution is 6.31. The van der Waals surface area contributed by atoms with E-state index in [0.717, 1.165) is 12.0 Å². The summed E-state index contributed by atoms with van der Waals surface area (Å²) in [6, 6.07) is 2.99. The van der Waals surface area contributed by atoms with Crippen molar-refractivity contribution in [3.05, 3.63) is 28.3 Å². The number of aryl methyl sites for hydroxylation is 1. The predicted octanol–water partition coefficient (Wildman–Crippen LogP) is 2.42. The molecule has 0 amide bonds. The molecule has 0 fully saturated rings. The van der Waals surface area contributed by atoms with Gasteiger partial charge in [0, 0.05) is 5.02 Å². The molecule has 0 bridgehead atoms. The van der Waals surface area contributed by atoms with E-state index in [0.29, 0.717) is 11.3 Å². The van der Waals surface area contributed by atoms with Crippen molar-refractivity contribution in [2.45, 2.75) is 13.3 Å². The summed E-state index contributed by atoms with van der Waals surface area (Å²) in [5.74, 6) is -0.0628. The molecule has 64 valence electrons. The third kappa shape index (κ3) is 1.59. The molecule has 2 nitrogen and oxygen atoms in total. The van der Waals surface area contributed by atoms with Crippen LogP contribution in [0.15, 0.2) is 12.1 Å². The van der Waals surface area contributed by atoms with Crippen LogP contribution in [0.5, 0.6) is 5.75 Å². The third-order valence-corrected chi connectivity index (χ3v) is 2.06. The number of carbonyl (C=O) groups excluding carboxylic acids is 1. The van der Waals surface area contributed by atoms with Crippen molar-refractivity contribution in [1.82, 2.24) is 0 Å². The highest BCUT2D eigenvalue weighted by Gasteiger charge is 2.05. The fourth-order valence-electron chi connectivity index (χ4n) is 0.992. The first-order valence-corrected chi connectivity index (χ1v) is 4.03. The van der Waals surface area contributed by atoms with Gasteiger partial charge in [-0.05, 0) is 24.1 Å². The number of hydrogen-bond acceptors (Lipinski definition) is 2. The summed E-state index contributed by atoms with van der Waals surface area (Å²) in [4.78, 5) is 10.4. The van der Waals surface area contributed by atoms with Crippen molar-refractivity contribution in [2.75, 3.05) is 0 Å². The Kier molecular flexibility index (Phi) is 2.71. The second-order valence-corrected chi connectivity index (χ2v) is 2.88. The summed E-state index contributed by atoms with van der Waals surface area (Å²) in [5, 5.41) is 9.70. The van der Waals surface area contributed by atoms with E-state index in [-0.39, 0.29) is 11.3 Å². The van der Waals surface area contributed by atoms with Crippen LogP contribution < -0.4 is 0 Å². The largest absolute Gasteiger partial charge is 0.507 e. The Bertz CT molecular complexity index is 308. The van der Waals surface area contributed by atoms with Gasteiger partial charge in [-0.3, -0.25) is 4.79 Å². The highest BCUT2D eigenvalue weighted by Crippen LogP contribution is 2.25. The first kappa shape index (κ1) is 9.07. The molecule has 0 saturated heterocycles. The van der Waals surface area contributed by atoms with Gasteiger partial charge in [-0.1, -0.05) is 18.5 Å². The van der Waals surface area contributed by atoms with Gasteiger partial charge in [0.05, 0.1) is 5.56 Å². The lowest BCUT2D eigenvalue weighted by Crippen LogP contribution is -1.87. The van der Waals surface area contributed by atoms with Crippen LogP contribution in [0.4, 0.5) is 0 Å². The van der Waals surface area contributed by atoms with Crippen LogP contribution in [0.25, 0.3) is 0 Å². The minimum absolute atomic E-state index is 0.0628. The fraction of sp³-hybridized carbons (Fsp3) is 0.222. The second kappa shape index (κ2) is 3.59. The summed E-state index contributed by atoms with van der Waals surface area (Å²) in [6.07, 6.45) is 1.37. The van der Waals surface area contributed by atoms with Gasteiger partial charge in [0.1, 0.15) is 5.75 Å². The van der Waals surface area contributed by atoms with E-state index in [1.807, 2.05) is 6.92 Å². The van der Waals surface area contributed by atoms with Gasteiger partial charge in [-0.25, -0.2) is 0 Å². The van der Waals surface area contributed by atoms with Gasteiger partial charge in [0.25, 0.3) is 0 Å². The molecule has 0 aliphatic heterocycles. The minimum atomic E-state index is -0.0628. The maximum atomic E-state index is 10.4. The van der Waals surface area contributed by atoms with Crippen molar-refractivity contribution >= 4 is 17.9 Å². The Labute approximate surface area is 75.8 Å². The molecule has 0 atom stereocenters. The number of aromatic hydroxyl groups is 1.